The molecule has 3 amide bonds. The lowest BCUT2D eigenvalue weighted by atomic mass is 9.85. The van der Waals surface area contributed by atoms with Gasteiger partial charge in [0.05, 0.1) is 68.2 Å². The van der Waals surface area contributed by atoms with Crippen molar-refractivity contribution in [3.63, 3.8) is 0 Å². The molecular weight excluding hydrogens is 628 g/mol. The predicted octanol–water partition coefficient (Wildman–Crippen LogP) is 2.45. The van der Waals surface area contributed by atoms with Crippen LogP contribution >= 0.6 is 11.3 Å². The molecule has 1 aromatic heterocycles. The van der Waals surface area contributed by atoms with Gasteiger partial charge in [0.2, 0.25) is 17.7 Å². The lowest BCUT2D eigenvalue weighted by Gasteiger charge is -2.35. The molecule has 14 heteroatoms. The zero-order valence-corrected chi connectivity index (χ0v) is 28.7. The maximum absolute atomic E-state index is 13.8. The van der Waals surface area contributed by atoms with Crippen molar-refractivity contribution in [1.29, 1.82) is 0 Å². The number of nitrogens with one attached hydrogen (secondary N) is 2. The third-order valence-corrected chi connectivity index (χ3v) is 8.74. The molecule has 3 rings (SSSR count). The number of thiazole rings is 1. The molecule has 1 fully saturated rings. The molecule has 0 saturated carbocycles. The summed E-state index contributed by atoms with van der Waals surface area (Å²) in [5, 5.41) is 24.8. The molecule has 47 heavy (non-hydrogen) atoms. The van der Waals surface area contributed by atoms with E-state index in [1.807, 2.05) is 52.3 Å². The maximum Gasteiger partial charge on any atom is 0.305 e. The molecule has 0 bridgehead atoms. The van der Waals surface area contributed by atoms with Gasteiger partial charge < -0.3 is 40.0 Å². The van der Waals surface area contributed by atoms with E-state index in [9.17, 15) is 24.3 Å². The van der Waals surface area contributed by atoms with Crippen LogP contribution in [0.1, 0.15) is 56.9 Å². The highest BCUT2D eigenvalue weighted by molar-refractivity contribution is 7.13. The number of β-amino-alcohol motifs (C(OH)–C–C–N with tert-alkyl or cyclic N) is 1. The van der Waals surface area contributed by atoms with Crippen molar-refractivity contribution in [1.82, 2.24) is 20.5 Å². The minimum atomic E-state index is -0.926. The average Bonchev–Trinajstić information content (AvgIpc) is 3.62. The highest BCUT2D eigenvalue weighted by Gasteiger charge is 2.44. The first-order chi connectivity index (χ1) is 22.3. The Bertz CT molecular complexity index is 1360. The fourth-order valence-corrected chi connectivity index (χ4v) is 5.94. The quantitative estimate of drug-likeness (QED) is 0.172. The molecular formula is C33H48N4O9S. The molecule has 13 nitrogen and oxygen atoms in total. The number of amides is 3. The van der Waals surface area contributed by atoms with Crippen molar-refractivity contribution >= 4 is 35.0 Å². The summed E-state index contributed by atoms with van der Waals surface area (Å²) < 4.78 is 16.0. The number of carboxylic acid groups (broad SMARTS) is 1. The Morgan fingerprint density at radius 3 is 2.23 bits per heavy atom. The standard InChI is InChI=1S/C33H48N4O9S/c1-21-16-23(29-22(2)35-20-47-29)6-7-24(21)18-34-31(42)26-17-25(38)19-37(26)32(43)30(33(3,4)5)36-27(39)8-10-44-12-14-46-15-13-45-11-9-28(40)41/h6-7,16,20,25-26,30,38H,8-15,17-19H2,1-5H3,(H,34,42)(H,36,39)(H,40,41)/t25-,26+,30-/m1/s1. The van der Waals surface area contributed by atoms with Crippen molar-refractivity contribution in [2.45, 2.75) is 78.6 Å². The number of aliphatic hydroxyl groups is 1. The Labute approximate surface area is 280 Å². The summed E-state index contributed by atoms with van der Waals surface area (Å²) in [6.07, 6.45) is -0.796. The number of carboxylic acids is 1. The number of hydrogen-bond acceptors (Lipinski definition) is 10. The van der Waals surface area contributed by atoms with E-state index in [2.05, 4.69) is 21.7 Å². The Kier molecular flexibility index (Phi) is 14.7. The SMILES string of the molecule is Cc1cc(-c2scnc2C)ccc1CNC(=O)[C@@H]1C[C@@H](O)CN1C(=O)[C@@H](NC(=O)CCOCCOCCOCCC(=O)O)C(C)(C)C. The normalized spacial score (nSPS) is 17.0. The molecule has 1 aliphatic rings. The van der Waals surface area contributed by atoms with E-state index in [4.69, 9.17) is 19.3 Å². The van der Waals surface area contributed by atoms with E-state index >= 15 is 0 Å². The van der Waals surface area contributed by atoms with E-state index in [0.717, 1.165) is 27.3 Å². The lowest BCUT2D eigenvalue weighted by molar-refractivity contribution is -0.144. The van der Waals surface area contributed by atoms with Crippen LogP contribution in [0.15, 0.2) is 23.7 Å². The second-order valence-electron chi connectivity index (χ2n) is 12.6. The second kappa shape index (κ2) is 18.2. The first-order valence-corrected chi connectivity index (χ1v) is 16.7. The average molecular weight is 677 g/mol. The van der Waals surface area contributed by atoms with Crippen LogP contribution in [0, 0.1) is 19.3 Å². The second-order valence-corrected chi connectivity index (χ2v) is 13.5. The van der Waals surface area contributed by atoms with E-state index in [1.165, 1.54) is 4.90 Å². The number of aryl methyl sites for hydroxylation is 2. The number of carbonyl (C=O) groups is 4. The summed E-state index contributed by atoms with van der Waals surface area (Å²) in [6.45, 7) is 11.1. The summed E-state index contributed by atoms with van der Waals surface area (Å²) in [4.78, 5) is 57.2. The predicted molar refractivity (Wildman–Crippen MR) is 176 cm³/mol. The van der Waals surface area contributed by atoms with Crippen LogP contribution in [-0.4, -0.2) is 108 Å². The van der Waals surface area contributed by atoms with Crippen molar-refractivity contribution < 1.29 is 43.6 Å². The molecule has 3 atom stereocenters. The van der Waals surface area contributed by atoms with Gasteiger partial charge in [-0.1, -0.05) is 39.0 Å². The van der Waals surface area contributed by atoms with Gasteiger partial charge in [-0.3, -0.25) is 19.2 Å². The largest absolute Gasteiger partial charge is 0.481 e. The zero-order chi connectivity index (χ0) is 34.6. The minimum absolute atomic E-state index is 0.00495. The molecule has 260 valence electrons. The molecule has 1 saturated heterocycles. The first kappa shape index (κ1) is 38.0. The number of ether oxygens (including phenoxy) is 3. The van der Waals surface area contributed by atoms with E-state index in [1.54, 1.807) is 11.3 Å². The van der Waals surface area contributed by atoms with Crippen molar-refractivity contribution in [3.8, 4) is 10.4 Å². The monoisotopic (exact) mass is 676 g/mol. The van der Waals surface area contributed by atoms with Crippen molar-refractivity contribution in [2.24, 2.45) is 5.41 Å². The van der Waals surface area contributed by atoms with Gasteiger partial charge in [-0.25, -0.2) is 4.98 Å². The van der Waals surface area contributed by atoms with Crippen LogP contribution in [0.4, 0.5) is 0 Å². The summed E-state index contributed by atoms with van der Waals surface area (Å²) in [6, 6.07) is 4.25. The van der Waals surface area contributed by atoms with Gasteiger partial charge in [0, 0.05) is 25.9 Å². The number of aliphatic carboxylic acids is 1. The Balaban J connectivity index is 1.48. The van der Waals surface area contributed by atoms with Gasteiger partial charge >= 0.3 is 5.97 Å². The Morgan fingerprint density at radius 1 is 1.02 bits per heavy atom. The summed E-state index contributed by atoms with van der Waals surface area (Å²) >= 11 is 1.58. The van der Waals surface area contributed by atoms with Gasteiger partial charge in [-0.15, -0.1) is 11.3 Å². The van der Waals surface area contributed by atoms with Crippen LogP contribution < -0.4 is 10.6 Å². The summed E-state index contributed by atoms with van der Waals surface area (Å²) in [5.74, 6) is -2.09. The highest BCUT2D eigenvalue weighted by Crippen LogP contribution is 2.29. The van der Waals surface area contributed by atoms with Crippen LogP contribution in [0.2, 0.25) is 0 Å². The Morgan fingerprint density at radius 2 is 1.66 bits per heavy atom. The van der Waals surface area contributed by atoms with E-state index in [0.29, 0.717) is 6.61 Å². The molecule has 0 spiro atoms. The van der Waals surface area contributed by atoms with Crippen LogP contribution in [0.25, 0.3) is 10.4 Å². The number of hydrogen-bond donors (Lipinski definition) is 4. The highest BCUT2D eigenvalue weighted by atomic mass is 32.1. The molecule has 0 aliphatic carbocycles. The molecule has 0 unspecified atom stereocenters. The Hall–Kier alpha value is -3.43. The van der Waals surface area contributed by atoms with Crippen molar-refractivity contribution in [3.05, 3.63) is 40.5 Å². The molecule has 0 radical (unpaired) electrons. The number of benzene rings is 1. The van der Waals surface area contributed by atoms with Gasteiger partial charge in [-0.2, -0.15) is 0 Å². The number of aromatic nitrogens is 1. The maximum atomic E-state index is 13.8. The zero-order valence-electron chi connectivity index (χ0n) is 27.9. The van der Waals surface area contributed by atoms with Gasteiger partial charge in [0.25, 0.3) is 0 Å². The lowest BCUT2D eigenvalue weighted by Crippen LogP contribution is -2.57. The minimum Gasteiger partial charge on any atom is -0.481 e. The van der Waals surface area contributed by atoms with E-state index < -0.39 is 35.5 Å². The number of rotatable bonds is 18. The number of carbonyl (C=O) groups excluding carboxylic acids is 3. The van der Waals surface area contributed by atoms with Gasteiger partial charge in [0.15, 0.2) is 0 Å². The first-order valence-electron chi connectivity index (χ1n) is 15.8. The molecule has 1 aliphatic heterocycles. The number of aliphatic hydroxyl groups excluding tert-OH is 1. The van der Waals surface area contributed by atoms with E-state index in [-0.39, 0.29) is 77.2 Å². The number of likely N-dealkylation sites (tertiary alicyclic amines) is 1. The van der Waals surface area contributed by atoms with Crippen molar-refractivity contribution in [2.75, 3.05) is 46.2 Å². The van der Waals surface area contributed by atoms with Crippen LogP contribution in [0.5, 0.6) is 0 Å². The molecule has 2 aromatic rings. The topological polar surface area (TPSA) is 177 Å². The van der Waals surface area contributed by atoms with Gasteiger partial charge in [-0.05, 0) is 36.0 Å². The summed E-state index contributed by atoms with van der Waals surface area (Å²) in [5.41, 5.74) is 5.14. The summed E-state index contributed by atoms with van der Waals surface area (Å²) in [7, 11) is 0. The third kappa shape index (κ3) is 12.0. The fraction of sp³-hybridized carbons (Fsp3) is 0.606. The molecule has 4 N–H and O–H groups in total. The molecule has 2 heterocycles. The number of nitrogens with zero attached hydrogens (tertiary/aromatic N) is 2. The van der Waals surface area contributed by atoms with Gasteiger partial charge in [0.1, 0.15) is 12.1 Å². The van der Waals surface area contributed by atoms with Crippen LogP contribution in [-0.2, 0) is 39.9 Å². The molecule has 1 aromatic carbocycles. The fourth-order valence-electron chi connectivity index (χ4n) is 5.13. The smallest absolute Gasteiger partial charge is 0.305 e. The third-order valence-electron chi connectivity index (χ3n) is 7.76. The van der Waals surface area contributed by atoms with Crippen LogP contribution in [0.3, 0.4) is 0 Å².